The van der Waals surface area contributed by atoms with E-state index in [1.54, 1.807) is 0 Å². The Balaban J connectivity index is 1.48. The van der Waals surface area contributed by atoms with Crippen molar-refractivity contribution in [1.82, 2.24) is 10.2 Å². The highest BCUT2D eigenvalue weighted by atomic mass is 16.4. The van der Waals surface area contributed by atoms with Crippen molar-refractivity contribution in [3.63, 3.8) is 0 Å². The number of amides is 2. The van der Waals surface area contributed by atoms with Gasteiger partial charge in [-0.1, -0.05) is 24.3 Å². The molecule has 1 saturated heterocycles. The van der Waals surface area contributed by atoms with Crippen molar-refractivity contribution in [2.24, 2.45) is 11.8 Å². The van der Waals surface area contributed by atoms with E-state index in [2.05, 4.69) is 5.32 Å². The number of rotatable bonds is 6. The van der Waals surface area contributed by atoms with Gasteiger partial charge in [-0.3, -0.25) is 14.4 Å². The van der Waals surface area contributed by atoms with E-state index in [-0.39, 0.29) is 23.7 Å². The third-order valence-corrected chi connectivity index (χ3v) is 5.45. The van der Waals surface area contributed by atoms with Gasteiger partial charge in [-0.2, -0.15) is 0 Å². The van der Waals surface area contributed by atoms with Crippen molar-refractivity contribution in [3.8, 4) is 0 Å². The number of likely N-dealkylation sites (tertiary alicyclic amines) is 1. The number of carboxylic acids is 1. The van der Waals surface area contributed by atoms with E-state index in [0.29, 0.717) is 45.2 Å². The summed E-state index contributed by atoms with van der Waals surface area (Å²) in [6, 6.07) is 7.96. The molecule has 0 unspecified atom stereocenters. The molecule has 1 aromatic carbocycles. The minimum Gasteiger partial charge on any atom is -0.481 e. The van der Waals surface area contributed by atoms with Gasteiger partial charge >= 0.3 is 5.97 Å². The third-order valence-electron chi connectivity index (χ3n) is 5.45. The van der Waals surface area contributed by atoms with Gasteiger partial charge in [-0.15, -0.1) is 0 Å². The molecule has 2 N–H and O–H groups in total. The van der Waals surface area contributed by atoms with Crippen molar-refractivity contribution in [1.29, 1.82) is 0 Å². The second-order valence-electron chi connectivity index (χ2n) is 7.34. The molecule has 2 aliphatic rings. The van der Waals surface area contributed by atoms with Crippen LogP contribution in [-0.4, -0.2) is 34.3 Å². The van der Waals surface area contributed by atoms with Gasteiger partial charge in [0.2, 0.25) is 11.8 Å². The standard InChI is InChI=1S/C20H26N2O4/c23-18-5-2-10-22(18)13-15-4-1-3-14(11-15)12-21-19(24)16-6-8-17(9-7-16)20(25)26/h1,3-4,11,16-17H,2,5-10,12-13H2,(H,21,24)(H,25,26). The lowest BCUT2D eigenvalue weighted by molar-refractivity contribution is -0.144. The molecule has 6 nitrogen and oxygen atoms in total. The fraction of sp³-hybridized carbons (Fsp3) is 0.550. The van der Waals surface area contributed by atoms with Gasteiger partial charge < -0.3 is 15.3 Å². The maximum atomic E-state index is 12.3. The molecule has 1 aliphatic heterocycles. The van der Waals surface area contributed by atoms with Crippen LogP contribution in [0.4, 0.5) is 0 Å². The summed E-state index contributed by atoms with van der Waals surface area (Å²) in [5, 5.41) is 12.0. The SMILES string of the molecule is O=C(O)C1CCC(C(=O)NCc2cccc(CN3CCCC3=O)c2)CC1. The molecule has 0 radical (unpaired) electrons. The molecular formula is C20H26N2O4. The first-order valence-electron chi connectivity index (χ1n) is 9.39. The normalized spacial score (nSPS) is 23.1. The summed E-state index contributed by atoms with van der Waals surface area (Å²) in [7, 11) is 0. The van der Waals surface area contributed by atoms with Crippen molar-refractivity contribution in [3.05, 3.63) is 35.4 Å². The molecule has 0 bridgehead atoms. The van der Waals surface area contributed by atoms with Crippen LogP contribution in [0, 0.1) is 11.8 Å². The monoisotopic (exact) mass is 358 g/mol. The van der Waals surface area contributed by atoms with E-state index < -0.39 is 5.97 Å². The van der Waals surface area contributed by atoms with Crippen LogP contribution in [0.1, 0.15) is 49.7 Å². The Bertz CT molecular complexity index is 680. The van der Waals surface area contributed by atoms with Gasteiger partial charge in [0.1, 0.15) is 0 Å². The summed E-state index contributed by atoms with van der Waals surface area (Å²) in [6.07, 6.45) is 4.00. The van der Waals surface area contributed by atoms with Crippen LogP contribution in [0.3, 0.4) is 0 Å². The summed E-state index contributed by atoms with van der Waals surface area (Å²) in [5.74, 6) is -0.924. The number of benzene rings is 1. The molecule has 6 heteroatoms. The Kier molecular flexibility index (Phi) is 5.91. The Morgan fingerprint density at radius 2 is 1.81 bits per heavy atom. The highest BCUT2D eigenvalue weighted by molar-refractivity contribution is 5.79. The summed E-state index contributed by atoms with van der Waals surface area (Å²) >= 11 is 0. The minimum atomic E-state index is -0.753. The molecule has 26 heavy (non-hydrogen) atoms. The van der Waals surface area contributed by atoms with E-state index in [9.17, 15) is 14.4 Å². The maximum Gasteiger partial charge on any atom is 0.306 e. The summed E-state index contributed by atoms with van der Waals surface area (Å²) in [5.41, 5.74) is 2.09. The second kappa shape index (κ2) is 8.34. The molecule has 1 saturated carbocycles. The first kappa shape index (κ1) is 18.4. The minimum absolute atomic E-state index is 0.00830. The summed E-state index contributed by atoms with van der Waals surface area (Å²) in [4.78, 5) is 37.0. The maximum absolute atomic E-state index is 12.3. The Morgan fingerprint density at radius 3 is 2.46 bits per heavy atom. The highest BCUT2D eigenvalue weighted by Crippen LogP contribution is 2.29. The average Bonchev–Trinajstić information content (AvgIpc) is 3.05. The number of carboxylic acid groups (broad SMARTS) is 1. The van der Waals surface area contributed by atoms with Crippen LogP contribution in [-0.2, 0) is 27.5 Å². The topological polar surface area (TPSA) is 86.7 Å². The largest absolute Gasteiger partial charge is 0.481 e. The molecule has 3 rings (SSSR count). The molecule has 1 aliphatic carbocycles. The molecule has 1 heterocycles. The fourth-order valence-corrected chi connectivity index (χ4v) is 3.87. The summed E-state index contributed by atoms with van der Waals surface area (Å²) < 4.78 is 0. The van der Waals surface area contributed by atoms with Crippen LogP contribution < -0.4 is 5.32 Å². The Morgan fingerprint density at radius 1 is 1.12 bits per heavy atom. The van der Waals surface area contributed by atoms with Gasteiger partial charge in [-0.05, 0) is 43.2 Å². The lowest BCUT2D eigenvalue weighted by atomic mass is 9.81. The smallest absolute Gasteiger partial charge is 0.306 e. The van der Waals surface area contributed by atoms with E-state index in [1.807, 2.05) is 29.2 Å². The number of aliphatic carboxylic acids is 1. The predicted octanol–water partition coefficient (Wildman–Crippen LogP) is 2.32. The molecule has 140 valence electrons. The van der Waals surface area contributed by atoms with Gasteiger partial charge in [0, 0.05) is 32.0 Å². The quantitative estimate of drug-likeness (QED) is 0.817. The molecule has 0 atom stereocenters. The van der Waals surface area contributed by atoms with Crippen LogP contribution in [0.5, 0.6) is 0 Å². The zero-order chi connectivity index (χ0) is 18.5. The Hall–Kier alpha value is -2.37. The van der Waals surface area contributed by atoms with Crippen molar-refractivity contribution >= 4 is 17.8 Å². The van der Waals surface area contributed by atoms with Crippen LogP contribution >= 0.6 is 0 Å². The van der Waals surface area contributed by atoms with Gasteiger partial charge in [0.15, 0.2) is 0 Å². The first-order chi connectivity index (χ1) is 12.5. The number of hydrogen-bond acceptors (Lipinski definition) is 3. The van der Waals surface area contributed by atoms with E-state index in [4.69, 9.17) is 5.11 Å². The number of nitrogens with one attached hydrogen (secondary N) is 1. The van der Waals surface area contributed by atoms with Crippen LogP contribution in [0.15, 0.2) is 24.3 Å². The number of nitrogens with zero attached hydrogens (tertiary/aromatic N) is 1. The molecular weight excluding hydrogens is 332 g/mol. The number of carbonyl (C=O) groups excluding carboxylic acids is 2. The second-order valence-corrected chi connectivity index (χ2v) is 7.34. The van der Waals surface area contributed by atoms with Crippen LogP contribution in [0.25, 0.3) is 0 Å². The highest BCUT2D eigenvalue weighted by Gasteiger charge is 2.29. The van der Waals surface area contributed by atoms with Crippen LogP contribution in [0.2, 0.25) is 0 Å². The lowest BCUT2D eigenvalue weighted by Gasteiger charge is -2.25. The lowest BCUT2D eigenvalue weighted by Crippen LogP contribution is -2.34. The summed E-state index contributed by atoms with van der Waals surface area (Å²) in [6.45, 7) is 1.90. The first-order valence-corrected chi connectivity index (χ1v) is 9.39. The molecule has 2 amide bonds. The van der Waals surface area contributed by atoms with Gasteiger partial charge in [0.05, 0.1) is 5.92 Å². The molecule has 1 aromatic rings. The number of hydrogen-bond donors (Lipinski definition) is 2. The van der Waals surface area contributed by atoms with Crippen molar-refractivity contribution in [2.75, 3.05) is 6.54 Å². The van der Waals surface area contributed by atoms with Gasteiger partial charge in [-0.25, -0.2) is 0 Å². The predicted molar refractivity (Wildman–Crippen MR) is 96.0 cm³/mol. The molecule has 0 spiro atoms. The number of carbonyl (C=O) groups is 3. The van der Waals surface area contributed by atoms with E-state index in [0.717, 1.165) is 24.1 Å². The third kappa shape index (κ3) is 4.62. The molecule has 2 fully saturated rings. The van der Waals surface area contributed by atoms with Crippen molar-refractivity contribution in [2.45, 2.75) is 51.6 Å². The fourth-order valence-electron chi connectivity index (χ4n) is 3.87. The zero-order valence-electron chi connectivity index (χ0n) is 14.9. The van der Waals surface area contributed by atoms with E-state index in [1.165, 1.54) is 0 Å². The van der Waals surface area contributed by atoms with Gasteiger partial charge in [0.25, 0.3) is 0 Å². The van der Waals surface area contributed by atoms with Crippen molar-refractivity contribution < 1.29 is 19.5 Å². The zero-order valence-corrected chi connectivity index (χ0v) is 14.9. The molecule has 0 aromatic heterocycles. The average molecular weight is 358 g/mol. The van der Waals surface area contributed by atoms with E-state index >= 15 is 0 Å². The Labute approximate surface area is 153 Å².